The SMILES string of the molecule is CC1/C=C(c2cc(-c3ccc4ccccc4c3)cc(-c3ccc4ccccc4c3)c2)\C=C/CN2C(=N1)c1ccccc1-c1ccccc12. The number of para-hydroxylation sites is 1. The summed E-state index contributed by atoms with van der Waals surface area (Å²) in [6.07, 6.45) is 6.91. The molecule has 0 aliphatic carbocycles. The number of nitrogens with zero attached hydrogens (tertiary/aromatic N) is 2. The Bertz CT molecular complexity index is 2360. The summed E-state index contributed by atoms with van der Waals surface area (Å²) in [5.74, 6) is 1.03. The molecule has 1 unspecified atom stereocenters. The van der Waals surface area contributed by atoms with Crippen molar-refractivity contribution in [1.29, 1.82) is 0 Å². The van der Waals surface area contributed by atoms with Crippen LogP contribution in [0.1, 0.15) is 18.1 Å². The first-order chi connectivity index (χ1) is 23.7. The van der Waals surface area contributed by atoms with Crippen molar-refractivity contribution in [3.05, 3.63) is 181 Å². The molecular formula is C46H34N2. The van der Waals surface area contributed by atoms with Crippen LogP contribution in [0.15, 0.2) is 175 Å². The highest BCUT2D eigenvalue weighted by Gasteiger charge is 2.27. The van der Waals surface area contributed by atoms with Crippen molar-refractivity contribution < 1.29 is 0 Å². The van der Waals surface area contributed by atoms with E-state index < -0.39 is 0 Å². The van der Waals surface area contributed by atoms with E-state index in [2.05, 4.69) is 182 Å². The Hall–Kier alpha value is -5.99. The minimum absolute atomic E-state index is 0.0352. The van der Waals surface area contributed by atoms with E-state index in [1.807, 2.05) is 0 Å². The van der Waals surface area contributed by atoms with Crippen molar-refractivity contribution >= 4 is 38.6 Å². The van der Waals surface area contributed by atoms with Gasteiger partial charge in [-0.2, -0.15) is 0 Å². The quantitative estimate of drug-likeness (QED) is 0.193. The molecule has 2 aliphatic rings. The predicted molar refractivity (Wildman–Crippen MR) is 205 cm³/mol. The van der Waals surface area contributed by atoms with E-state index in [0.717, 1.165) is 12.4 Å². The highest BCUT2D eigenvalue weighted by atomic mass is 15.2. The molecule has 2 aliphatic heterocycles. The Labute approximate surface area is 281 Å². The van der Waals surface area contributed by atoms with Gasteiger partial charge in [0.25, 0.3) is 0 Å². The summed E-state index contributed by atoms with van der Waals surface area (Å²) in [7, 11) is 0. The second kappa shape index (κ2) is 11.7. The molecule has 0 bridgehead atoms. The van der Waals surface area contributed by atoms with E-state index in [9.17, 15) is 0 Å². The topological polar surface area (TPSA) is 15.6 Å². The lowest BCUT2D eigenvalue weighted by Crippen LogP contribution is -2.36. The Morgan fingerprint density at radius 1 is 0.500 bits per heavy atom. The van der Waals surface area contributed by atoms with E-state index in [4.69, 9.17) is 4.99 Å². The zero-order valence-corrected chi connectivity index (χ0v) is 26.8. The number of hydrogen-bond donors (Lipinski definition) is 0. The third-order valence-electron chi connectivity index (χ3n) is 9.67. The average Bonchev–Trinajstić information content (AvgIpc) is 3.23. The van der Waals surface area contributed by atoms with Crippen molar-refractivity contribution in [1.82, 2.24) is 0 Å². The molecule has 0 saturated heterocycles. The highest BCUT2D eigenvalue weighted by molar-refractivity contribution is 6.19. The Morgan fingerprint density at radius 3 is 1.71 bits per heavy atom. The fraction of sp³-hybridized carbons (Fsp3) is 0.0652. The number of allylic oxidation sites excluding steroid dienone is 2. The first-order valence-electron chi connectivity index (χ1n) is 16.7. The Balaban J connectivity index is 1.20. The standard InChI is InChI=1S/C46H34N2/c1-31-25-34(15-10-24-48-45-19-9-8-17-43(45)42-16-6-7-18-44(42)46(48)47-31)39-28-40(37-22-20-32-11-2-4-13-35(32)26-37)30-41(29-39)38-23-21-33-12-3-5-14-36(33)27-38/h2-23,25-31H,24H2,1H3/b15-10-,34-25+,47-46?. The zero-order valence-electron chi connectivity index (χ0n) is 26.8. The molecule has 7 aromatic carbocycles. The molecule has 0 N–H and O–H groups in total. The molecule has 0 spiro atoms. The van der Waals surface area contributed by atoms with Gasteiger partial charge in [-0.05, 0) is 104 Å². The predicted octanol–water partition coefficient (Wildman–Crippen LogP) is 11.6. The lowest BCUT2D eigenvalue weighted by atomic mass is 9.91. The molecule has 0 amide bonds. The van der Waals surface area contributed by atoms with Gasteiger partial charge in [0.1, 0.15) is 5.84 Å². The molecule has 9 rings (SSSR count). The van der Waals surface area contributed by atoms with E-state index in [0.29, 0.717) is 0 Å². The highest BCUT2D eigenvalue weighted by Crippen LogP contribution is 2.40. The van der Waals surface area contributed by atoms with Crippen LogP contribution in [-0.4, -0.2) is 18.4 Å². The molecule has 2 heteroatoms. The maximum absolute atomic E-state index is 5.39. The van der Waals surface area contributed by atoms with E-state index >= 15 is 0 Å². The van der Waals surface area contributed by atoms with Crippen LogP contribution in [0.25, 0.3) is 60.5 Å². The summed E-state index contributed by atoms with van der Waals surface area (Å²) in [5, 5.41) is 5.00. The number of fused-ring (bicyclic) bond motifs is 8. The lowest BCUT2D eigenvalue weighted by molar-refractivity contribution is 0.917. The molecule has 2 heterocycles. The van der Waals surface area contributed by atoms with Gasteiger partial charge in [-0.3, -0.25) is 4.99 Å². The van der Waals surface area contributed by atoms with Crippen LogP contribution < -0.4 is 4.90 Å². The molecule has 0 aromatic heterocycles. The average molecular weight is 615 g/mol. The maximum atomic E-state index is 5.39. The first kappa shape index (κ1) is 28.3. The summed E-state index contributed by atoms with van der Waals surface area (Å²) in [6, 6.07) is 55.1. The third kappa shape index (κ3) is 5.03. The second-order valence-corrected chi connectivity index (χ2v) is 12.8. The number of hydrogen-bond acceptors (Lipinski definition) is 2. The van der Waals surface area contributed by atoms with Crippen LogP contribution in [0.3, 0.4) is 0 Å². The van der Waals surface area contributed by atoms with E-state index in [1.165, 1.54) is 77.3 Å². The van der Waals surface area contributed by atoms with Gasteiger partial charge in [-0.15, -0.1) is 0 Å². The summed E-state index contributed by atoms with van der Waals surface area (Å²) < 4.78 is 0. The number of benzene rings is 7. The summed E-state index contributed by atoms with van der Waals surface area (Å²) in [5.41, 5.74) is 12.1. The van der Waals surface area contributed by atoms with Crippen LogP contribution >= 0.6 is 0 Å². The molecule has 7 aromatic rings. The van der Waals surface area contributed by atoms with Gasteiger partial charge >= 0.3 is 0 Å². The molecule has 0 radical (unpaired) electrons. The molecule has 48 heavy (non-hydrogen) atoms. The molecule has 0 saturated carbocycles. The van der Waals surface area contributed by atoms with Gasteiger partial charge in [0.05, 0.1) is 11.7 Å². The van der Waals surface area contributed by atoms with Crippen LogP contribution in [0.4, 0.5) is 5.69 Å². The molecule has 228 valence electrons. The molecule has 1 atom stereocenters. The normalized spacial score (nSPS) is 17.2. The van der Waals surface area contributed by atoms with Crippen LogP contribution in [-0.2, 0) is 0 Å². The van der Waals surface area contributed by atoms with Gasteiger partial charge in [0.2, 0.25) is 0 Å². The van der Waals surface area contributed by atoms with Crippen molar-refractivity contribution in [2.24, 2.45) is 4.99 Å². The Morgan fingerprint density at radius 2 is 1.04 bits per heavy atom. The van der Waals surface area contributed by atoms with Crippen molar-refractivity contribution in [3.63, 3.8) is 0 Å². The molecular weight excluding hydrogens is 581 g/mol. The molecule has 0 fully saturated rings. The van der Waals surface area contributed by atoms with Crippen LogP contribution in [0, 0.1) is 0 Å². The number of rotatable bonds is 3. The number of aliphatic imine (C=N–C) groups is 1. The summed E-state index contributed by atoms with van der Waals surface area (Å²) in [4.78, 5) is 7.76. The van der Waals surface area contributed by atoms with E-state index in [1.54, 1.807) is 0 Å². The van der Waals surface area contributed by atoms with Gasteiger partial charge in [0.15, 0.2) is 0 Å². The van der Waals surface area contributed by atoms with Crippen molar-refractivity contribution in [2.75, 3.05) is 11.4 Å². The second-order valence-electron chi connectivity index (χ2n) is 12.8. The third-order valence-corrected chi connectivity index (χ3v) is 9.67. The van der Waals surface area contributed by atoms with Crippen molar-refractivity contribution in [2.45, 2.75) is 13.0 Å². The van der Waals surface area contributed by atoms with Crippen LogP contribution in [0.5, 0.6) is 0 Å². The zero-order chi connectivity index (χ0) is 32.0. The van der Waals surface area contributed by atoms with Gasteiger partial charge < -0.3 is 4.90 Å². The maximum Gasteiger partial charge on any atom is 0.136 e. The van der Waals surface area contributed by atoms with Gasteiger partial charge in [-0.1, -0.05) is 133 Å². The van der Waals surface area contributed by atoms with Gasteiger partial charge in [0, 0.05) is 17.7 Å². The lowest BCUT2D eigenvalue weighted by Gasteiger charge is -2.33. The monoisotopic (exact) mass is 614 g/mol. The smallest absolute Gasteiger partial charge is 0.136 e. The molecule has 2 nitrogen and oxygen atoms in total. The first-order valence-corrected chi connectivity index (χ1v) is 16.7. The number of anilines is 1. The summed E-state index contributed by atoms with van der Waals surface area (Å²) in [6.45, 7) is 2.93. The minimum Gasteiger partial charge on any atom is -0.322 e. The summed E-state index contributed by atoms with van der Waals surface area (Å²) >= 11 is 0. The Kier molecular flexibility index (Phi) is 6.87. The fourth-order valence-corrected chi connectivity index (χ4v) is 7.32. The van der Waals surface area contributed by atoms with Crippen molar-refractivity contribution in [3.8, 4) is 33.4 Å². The minimum atomic E-state index is -0.0352. The van der Waals surface area contributed by atoms with E-state index in [-0.39, 0.29) is 6.04 Å². The van der Waals surface area contributed by atoms with Crippen LogP contribution in [0.2, 0.25) is 0 Å². The largest absolute Gasteiger partial charge is 0.322 e. The fourth-order valence-electron chi connectivity index (χ4n) is 7.32. The van der Waals surface area contributed by atoms with Gasteiger partial charge in [-0.25, -0.2) is 0 Å². The number of amidine groups is 1.